The highest BCUT2D eigenvalue weighted by Gasteiger charge is 2.29. The summed E-state index contributed by atoms with van der Waals surface area (Å²) in [7, 11) is 0. The topological polar surface area (TPSA) is 58.9 Å². The van der Waals surface area contributed by atoms with Crippen molar-refractivity contribution in [1.82, 2.24) is 4.98 Å². The van der Waals surface area contributed by atoms with Crippen molar-refractivity contribution < 1.29 is 4.79 Å². The Hall–Kier alpha value is -1.61. The average molecular weight is 242 g/mol. The summed E-state index contributed by atoms with van der Waals surface area (Å²) in [4.78, 5) is 15.9. The maximum atomic E-state index is 12.5. The summed E-state index contributed by atoms with van der Waals surface area (Å²) in [6.45, 7) is 0.671. The largest absolute Gasteiger partial charge is 0.358 e. The highest BCUT2D eigenvalue weighted by atomic mass is 16.1. The third-order valence-corrected chi connectivity index (χ3v) is 3.90. The minimum absolute atomic E-state index is 0.167. The van der Waals surface area contributed by atoms with E-state index in [1.807, 2.05) is 24.3 Å². The molecule has 0 amide bonds. The van der Waals surface area contributed by atoms with E-state index in [1.165, 1.54) is 0 Å². The lowest BCUT2D eigenvalue weighted by molar-refractivity contribution is 0.0895. The zero-order chi connectivity index (χ0) is 12.5. The summed E-state index contributed by atoms with van der Waals surface area (Å²) in [6.07, 6.45) is 3.80. The Morgan fingerprint density at radius 3 is 3.00 bits per heavy atom. The van der Waals surface area contributed by atoms with Crippen molar-refractivity contribution in [2.24, 2.45) is 11.7 Å². The van der Waals surface area contributed by atoms with Crippen molar-refractivity contribution in [1.29, 1.82) is 0 Å². The van der Waals surface area contributed by atoms with Crippen LogP contribution in [0.15, 0.2) is 24.3 Å². The van der Waals surface area contributed by atoms with Crippen LogP contribution in [0.5, 0.6) is 0 Å². The molecule has 18 heavy (non-hydrogen) atoms. The van der Waals surface area contributed by atoms with E-state index < -0.39 is 0 Å². The van der Waals surface area contributed by atoms with Crippen molar-refractivity contribution >= 4 is 16.7 Å². The Kier molecular flexibility index (Phi) is 2.92. The number of nitrogens with two attached hydrogens (primary N) is 1. The fourth-order valence-electron chi connectivity index (χ4n) is 2.96. The van der Waals surface area contributed by atoms with Gasteiger partial charge < -0.3 is 10.7 Å². The van der Waals surface area contributed by atoms with E-state index in [4.69, 9.17) is 5.73 Å². The number of ketones is 1. The molecule has 1 aromatic heterocycles. The Balaban J connectivity index is 2.01. The van der Waals surface area contributed by atoms with Gasteiger partial charge in [-0.2, -0.15) is 0 Å². The fourth-order valence-corrected chi connectivity index (χ4v) is 2.96. The molecule has 0 aliphatic heterocycles. The van der Waals surface area contributed by atoms with Crippen LogP contribution in [-0.2, 0) is 6.42 Å². The van der Waals surface area contributed by atoms with Crippen molar-refractivity contribution in [3.05, 3.63) is 35.5 Å². The van der Waals surface area contributed by atoms with Gasteiger partial charge in [0.05, 0.1) is 0 Å². The third kappa shape index (κ3) is 1.75. The predicted octanol–water partition coefficient (Wildman–Crippen LogP) is 2.65. The number of fused-ring (bicyclic) bond motifs is 3. The Labute approximate surface area is 106 Å². The molecule has 1 atom stereocenters. The number of nitrogens with one attached hydrogen (secondary N) is 1. The highest BCUT2D eigenvalue weighted by Crippen LogP contribution is 2.33. The van der Waals surface area contributed by atoms with E-state index in [9.17, 15) is 4.79 Å². The molecule has 1 heterocycles. The molecule has 0 saturated heterocycles. The molecule has 1 aromatic carbocycles. The first kappa shape index (κ1) is 11.5. The predicted molar refractivity (Wildman–Crippen MR) is 72.7 cm³/mol. The second-order valence-corrected chi connectivity index (χ2v) is 5.05. The smallest absolute Gasteiger partial charge is 0.168 e. The van der Waals surface area contributed by atoms with Gasteiger partial charge in [-0.15, -0.1) is 0 Å². The van der Waals surface area contributed by atoms with Gasteiger partial charge in [-0.3, -0.25) is 4.79 Å². The van der Waals surface area contributed by atoms with E-state index in [2.05, 4.69) is 4.98 Å². The fraction of sp³-hybridized carbons (Fsp3) is 0.400. The van der Waals surface area contributed by atoms with E-state index >= 15 is 0 Å². The van der Waals surface area contributed by atoms with Crippen molar-refractivity contribution in [2.75, 3.05) is 6.54 Å². The van der Waals surface area contributed by atoms with Crippen LogP contribution < -0.4 is 5.73 Å². The number of hydrogen-bond acceptors (Lipinski definition) is 2. The van der Waals surface area contributed by atoms with Gasteiger partial charge >= 0.3 is 0 Å². The minimum atomic E-state index is 0.167. The normalized spacial score (nSPS) is 19.2. The molecule has 0 spiro atoms. The van der Waals surface area contributed by atoms with Gasteiger partial charge in [0.2, 0.25) is 0 Å². The highest BCUT2D eigenvalue weighted by molar-refractivity contribution is 6.10. The molecule has 3 nitrogen and oxygen atoms in total. The van der Waals surface area contributed by atoms with Gasteiger partial charge in [0, 0.05) is 28.1 Å². The van der Waals surface area contributed by atoms with Gasteiger partial charge in [-0.05, 0) is 38.3 Å². The number of H-pyrrole nitrogens is 1. The summed E-state index contributed by atoms with van der Waals surface area (Å²) in [6, 6.07) is 8.07. The summed E-state index contributed by atoms with van der Waals surface area (Å²) in [5, 5.41) is 1.08. The Bertz CT molecular complexity index is 585. The lowest BCUT2D eigenvalue weighted by Crippen LogP contribution is -2.22. The minimum Gasteiger partial charge on any atom is -0.358 e. The third-order valence-electron chi connectivity index (χ3n) is 3.90. The number of rotatable bonds is 3. The lowest BCUT2D eigenvalue weighted by atomic mass is 9.82. The van der Waals surface area contributed by atoms with Crippen molar-refractivity contribution in [3.8, 4) is 0 Å². The molecule has 3 rings (SSSR count). The SMILES string of the molecule is NCCCC1CCc2[nH]c3ccccc3c2C1=O. The summed E-state index contributed by atoms with van der Waals surface area (Å²) in [5.41, 5.74) is 8.66. The van der Waals surface area contributed by atoms with E-state index in [0.29, 0.717) is 12.3 Å². The molecule has 3 N–H and O–H groups in total. The molecule has 0 saturated carbocycles. The summed E-state index contributed by atoms with van der Waals surface area (Å²) >= 11 is 0. The first-order valence-corrected chi connectivity index (χ1v) is 6.65. The number of Topliss-reactive ketones (excluding diaryl/α,β-unsaturated/α-hetero) is 1. The van der Waals surface area contributed by atoms with E-state index in [1.54, 1.807) is 0 Å². The van der Waals surface area contributed by atoms with Crippen LogP contribution in [0.3, 0.4) is 0 Å². The number of aryl methyl sites for hydroxylation is 1. The number of aromatic nitrogens is 1. The summed E-state index contributed by atoms with van der Waals surface area (Å²) < 4.78 is 0. The molecule has 1 aliphatic rings. The average Bonchev–Trinajstić information content (AvgIpc) is 2.77. The van der Waals surface area contributed by atoms with Gasteiger partial charge in [0.1, 0.15) is 0 Å². The van der Waals surface area contributed by atoms with E-state index in [0.717, 1.165) is 47.8 Å². The number of aromatic amines is 1. The number of benzene rings is 1. The van der Waals surface area contributed by atoms with Crippen LogP contribution in [0.1, 0.15) is 35.3 Å². The molecule has 0 radical (unpaired) electrons. The van der Waals surface area contributed by atoms with Gasteiger partial charge in [-0.25, -0.2) is 0 Å². The molecule has 94 valence electrons. The molecular weight excluding hydrogens is 224 g/mol. The van der Waals surface area contributed by atoms with Crippen molar-refractivity contribution in [3.63, 3.8) is 0 Å². The molecule has 3 heteroatoms. The standard InChI is InChI=1S/C15H18N2O/c16-9-3-4-10-7-8-13-14(15(10)18)11-5-1-2-6-12(11)17-13/h1-2,5-6,10,17H,3-4,7-9,16H2. The second-order valence-electron chi connectivity index (χ2n) is 5.05. The van der Waals surface area contributed by atoms with Crippen LogP contribution in [-0.4, -0.2) is 17.3 Å². The molecule has 2 aromatic rings. The molecule has 1 unspecified atom stereocenters. The maximum Gasteiger partial charge on any atom is 0.168 e. The second kappa shape index (κ2) is 4.58. The molecule has 1 aliphatic carbocycles. The van der Waals surface area contributed by atoms with Gasteiger partial charge in [-0.1, -0.05) is 18.2 Å². The Morgan fingerprint density at radius 1 is 1.33 bits per heavy atom. The monoisotopic (exact) mass is 242 g/mol. The van der Waals surface area contributed by atoms with Crippen LogP contribution in [0, 0.1) is 5.92 Å². The molecule has 0 bridgehead atoms. The number of carbonyl (C=O) groups is 1. The van der Waals surface area contributed by atoms with Crippen LogP contribution in [0.25, 0.3) is 10.9 Å². The van der Waals surface area contributed by atoms with E-state index in [-0.39, 0.29) is 5.92 Å². The van der Waals surface area contributed by atoms with Crippen LogP contribution in [0.2, 0.25) is 0 Å². The molecule has 0 fully saturated rings. The zero-order valence-electron chi connectivity index (χ0n) is 10.4. The van der Waals surface area contributed by atoms with Crippen LogP contribution in [0.4, 0.5) is 0 Å². The number of para-hydroxylation sites is 1. The number of hydrogen-bond donors (Lipinski definition) is 2. The summed E-state index contributed by atoms with van der Waals surface area (Å²) in [5.74, 6) is 0.474. The lowest BCUT2D eigenvalue weighted by Gasteiger charge is -2.20. The van der Waals surface area contributed by atoms with Gasteiger partial charge in [0.15, 0.2) is 5.78 Å². The first-order chi connectivity index (χ1) is 8.81. The van der Waals surface area contributed by atoms with Crippen molar-refractivity contribution in [2.45, 2.75) is 25.7 Å². The number of carbonyl (C=O) groups excluding carboxylic acids is 1. The van der Waals surface area contributed by atoms with Gasteiger partial charge in [0.25, 0.3) is 0 Å². The Morgan fingerprint density at radius 2 is 2.17 bits per heavy atom. The van der Waals surface area contributed by atoms with Crippen LogP contribution >= 0.6 is 0 Å². The maximum absolute atomic E-state index is 12.5. The zero-order valence-corrected chi connectivity index (χ0v) is 10.4. The quantitative estimate of drug-likeness (QED) is 0.869. The first-order valence-electron chi connectivity index (χ1n) is 6.65. The molecular formula is C15H18N2O.